The van der Waals surface area contributed by atoms with Crippen LogP contribution in [0.25, 0.3) is 0 Å². The zero-order valence-corrected chi connectivity index (χ0v) is 13.2. The maximum atomic E-state index is 12.1. The molecule has 0 bridgehead atoms. The Bertz CT molecular complexity index is 404. The summed E-state index contributed by atoms with van der Waals surface area (Å²) in [6.45, 7) is 8.77. The van der Waals surface area contributed by atoms with Crippen molar-refractivity contribution in [1.82, 2.24) is 9.62 Å². The van der Waals surface area contributed by atoms with Gasteiger partial charge in [0.1, 0.15) is 0 Å². The van der Waals surface area contributed by atoms with E-state index in [1.165, 1.54) is 4.31 Å². The number of sulfonamides is 1. The minimum atomic E-state index is -3.06. The van der Waals surface area contributed by atoms with E-state index in [0.717, 1.165) is 0 Å². The van der Waals surface area contributed by atoms with Gasteiger partial charge >= 0.3 is 0 Å². The van der Waals surface area contributed by atoms with Crippen molar-refractivity contribution in [2.24, 2.45) is 5.92 Å². The fourth-order valence-corrected chi connectivity index (χ4v) is 3.87. The van der Waals surface area contributed by atoms with E-state index in [4.69, 9.17) is 0 Å². The Morgan fingerprint density at radius 1 is 1.26 bits per heavy atom. The summed E-state index contributed by atoms with van der Waals surface area (Å²) >= 11 is 0. The van der Waals surface area contributed by atoms with E-state index in [9.17, 15) is 13.2 Å². The minimum Gasteiger partial charge on any atom is -0.305 e. The second-order valence-corrected chi connectivity index (χ2v) is 7.88. The van der Waals surface area contributed by atoms with Gasteiger partial charge in [-0.2, -0.15) is 0 Å². The quantitative estimate of drug-likeness (QED) is 0.760. The van der Waals surface area contributed by atoms with Crippen molar-refractivity contribution in [2.75, 3.05) is 18.8 Å². The Morgan fingerprint density at radius 3 is 2.32 bits per heavy atom. The van der Waals surface area contributed by atoms with Gasteiger partial charge in [-0.05, 0) is 12.8 Å². The molecule has 1 N–H and O–H groups in total. The van der Waals surface area contributed by atoms with E-state index in [0.29, 0.717) is 25.9 Å². The van der Waals surface area contributed by atoms with Gasteiger partial charge in [-0.15, -0.1) is 0 Å². The second kappa shape index (κ2) is 6.81. The maximum Gasteiger partial charge on any atom is 0.214 e. The number of hydrogen-bond donors (Lipinski definition) is 1. The Hall–Kier alpha value is -0.460. The molecule has 1 aliphatic heterocycles. The molecule has 112 valence electrons. The van der Waals surface area contributed by atoms with Crippen LogP contribution in [0, 0.1) is 5.92 Å². The number of carbonyl (C=O) groups is 1. The van der Waals surface area contributed by atoms with Gasteiger partial charge < -0.3 is 5.32 Å². The molecule has 6 heteroatoms. The first-order valence-electron chi connectivity index (χ1n) is 7.01. The molecule has 5 nitrogen and oxygen atoms in total. The lowest BCUT2D eigenvalue weighted by atomic mass is 9.98. The summed E-state index contributed by atoms with van der Waals surface area (Å²) in [5, 5.41) is 3.24. The van der Waals surface area contributed by atoms with E-state index in [2.05, 4.69) is 5.32 Å². The van der Waals surface area contributed by atoms with Crippen molar-refractivity contribution in [2.45, 2.75) is 52.6 Å². The molecule has 19 heavy (non-hydrogen) atoms. The highest BCUT2D eigenvalue weighted by molar-refractivity contribution is 7.89. The normalized spacial score (nSPS) is 21.2. The van der Waals surface area contributed by atoms with Crippen LogP contribution in [0.4, 0.5) is 0 Å². The monoisotopic (exact) mass is 290 g/mol. The highest BCUT2D eigenvalue weighted by Gasteiger charge is 2.30. The number of hydrogen-bond acceptors (Lipinski definition) is 4. The molecule has 1 heterocycles. The smallest absolute Gasteiger partial charge is 0.214 e. The third-order valence-electron chi connectivity index (χ3n) is 3.32. The van der Waals surface area contributed by atoms with Gasteiger partial charge in [0.15, 0.2) is 5.78 Å². The topological polar surface area (TPSA) is 66.5 Å². The summed E-state index contributed by atoms with van der Waals surface area (Å²) in [6.07, 6.45) is 1.25. The van der Waals surface area contributed by atoms with Gasteiger partial charge in [-0.3, -0.25) is 4.79 Å². The molecule has 0 aromatic rings. The zero-order valence-electron chi connectivity index (χ0n) is 12.3. The van der Waals surface area contributed by atoms with Crippen LogP contribution >= 0.6 is 0 Å². The third-order valence-corrected chi connectivity index (χ3v) is 5.27. The third kappa shape index (κ3) is 4.85. The van der Waals surface area contributed by atoms with Crippen molar-refractivity contribution in [3.8, 4) is 0 Å². The van der Waals surface area contributed by atoms with E-state index < -0.39 is 10.0 Å². The number of Topliss-reactive ketones (excluding diaryl/α,β-unsaturated/α-hetero) is 1. The molecule has 0 aromatic heterocycles. The molecule has 0 amide bonds. The molecule has 1 aliphatic rings. The van der Waals surface area contributed by atoms with Crippen LogP contribution in [-0.4, -0.2) is 49.4 Å². The highest BCUT2D eigenvalue weighted by atomic mass is 32.2. The Morgan fingerprint density at radius 2 is 1.89 bits per heavy atom. The van der Waals surface area contributed by atoms with Crippen LogP contribution in [0.1, 0.15) is 40.5 Å². The van der Waals surface area contributed by atoms with Crippen molar-refractivity contribution in [3.63, 3.8) is 0 Å². The average Bonchev–Trinajstić information content (AvgIpc) is 2.62. The molecule has 1 unspecified atom stereocenters. The Labute approximate surface area is 116 Å². The van der Waals surface area contributed by atoms with Gasteiger partial charge in [0, 0.05) is 25.0 Å². The van der Waals surface area contributed by atoms with Crippen LogP contribution in [-0.2, 0) is 14.8 Å². The van der Waals surface area contributed by atoms with E-state index in [-0.39, 0.29) is 29.5 Å². The standard InChI is InChI=1S/C13H26N2O3S/c1-10(2)13(16)12(14-11(3)4)6-8-15-7-5-9-19(15,17)18/h10-12,14H,5-9H2,1-4H3. The number of nitrogens with one attached hydrogen (secondary N) is 1. The van der Waals surface area contributed by atoms with Crippen molar-refractivity contribution in [3.05, 3.63) is 0 Å². The number of carbonyl (C=O) groups excluding carboxylic acids is 1. The molecule has 0 aliphatic carbocycles. The highest BCUT2D eigenvalue weighted by Crippen LogP contribution is 2.15. The average molecular weight is 290 g/mol. The van der Waals surface area contributed by atoms with Gasteiger partial charge in [-0.1, -0.05) is 27.7 Å². The predicted octanol–water partition coefficient (Wildman–Crippen LogP) is 1.00. The number of nitrogens with zero attached hydrogens (tertiary/aromatic N) is 1. The van der Waals surface area contributed by atoms with Crippen molar-refractivity contribution < 1.29 is 13.2 Å². The van der Waals surface area contributed by atoms with Gasteiger partial charge in [0.2, 0.25) is 10.0 Å². The number of ketones is 1. The van der Waals surface area contributed by atoms with E-state index >= 15 is 0 Å². The molecule has 1 atom stereocenters. The fourth-order valence-electron chi connectivity index (χ4n) is 2.33. The summed E-state index contributed by atoms with van der Waals surface area (Å²) in [4.78, 5) is 12.1. The van der Waals surface area contributed by atoms with Crippen LogP contribution in [0.3, 0.4) is 0 Å². The molecule has 0 radical (unpaired) electrons. The van der Waals surface area contributed by atoms with Gasteiger partial charge in [0.05, 0.1) is 11.8 Å². The van der Waals surface area contributed by atoms with Crippen LogP contribution < -0.4 is 5.32 Å². The predicted molar refractivity (Wildman–Crippen MR) is 76.5 cm³/mol. The first-order valence-corrected chi connectivity index (χ1v) is 8.62. The zero-order chi connectivity index (χ0) is 14.6. The summed E-state index contributed by atoms with van der Waals surface area (Å²) in [5.74, 6) is 0.365. The Balaban J connectivity index is 2.60. The molecular weight excluding hydrogens is 264 g/mol. The molecule has 1 rings (SSSR count). The van der Waals surface area contributed by atoms with E-state index in [1.807, 2.05) is 27.7 Å². The molecule has 0 saturated carbocycles. The maximum absolute atomic E-state index is 12.1. The second-order valence-electron chi connectivity index (χ2n) is 5.79. The Kier molecular flexibility index (Phi) is 5.95. The molecule has 0 aromatic carbocycles. The lowest BCUT2D eigenvalue weighted by Gasteiger charge is -2.24. The van der Waals surface area contributed by atoms with E-state index in [1.54, 1.807) is 0 Å². The lowest BCUT2D eigenvalue weighted by molar-refractivity contribution is -0.124. The molecule has 1 fully saturated rings. The van der Waals surface area contributed by atoms with Gasteiger partial charge in [-0.25, -0.2) is 12.7 Å². The molecule has 0 spiro atoms. The van der Waals surface area contributed by atoms with Crippen molar-refractivity contribution in [1.29, 1.82) is 0 Å². The van der Waals surface area contributed by atoms with Gasteiger partial charge in [0.25, 0.3) is 0 Å². The fraction of sp³-hybridized carbons (Fsp3) is 0.923. The van der Waals surface area contributed by atoms with Crippen LogP contribution in [0.15, 0.2) is 0 Å². The molecular formula is C13H26N2O3S. The summed E-state index contributed by atoms with van der Waals surface area (Å²) < 4.78 is 25.0. The lowest BCUT2D eigenvalue weighted by Crippen LogP contribution is -2.45. The largest absolute Gasteiger partial charge is 0.305 e. The van der Waals surface area contributed by atoms with Crippen molar-refractivity contribution >= 4 is 15.8 Å². The summed E-state index contributed by atoms with van der Waals surface area (Å²) in [6, 6.07) is -0.0429. The number of rotatable bonds is 7. The first kappa shape index (κ1) is 16.6. The summed E-state index contributed by atoms with van der Waals surface area (Å²) in [5.41, 5.74) is 0. The SMILES string of the molecule is CC(C)NC(CCN1CCCS1(=O)=O)C(=O)C(C)C. The van der Waals surface area contributed by atoms with Crippen LogP contribution in [0.2, 0.25) is 0 Å². The molecule has 1 saturated heterocycles. The summed E-state index contributed by atoms with van der Waals surface area (Å²) in [7, 11) is -3.06. The van der Waals surface area contributed by atoms with Crippen LogP contribution in [0.5, 0.6) is 0 Å². The first-order chi connectivity index (χ1) is 8.74. The minimum absolute atomic E-state index is 0.0357.